The lowest BCUT2D eigenvalue weighted by Gasteiger charge is -2.42. The van der Waals surface area contributed by atoms with Gasteiger partial charge in [0, 0.05) is 18.2 Å². The van der Waals surface area contributed by atoms with Crippen molar-refractivity contribution in [2.45, 2.75) is 50.7 Å². The average molecular weight is 284 g/mol. The third-order valence-electron chi connectivity index (χ3n) is 4.71. The molecule has 1 aliphatic carbocycles. The van der Waals surface area contributed by atoms with E-state index in [-0.39, 0.29) is 11.6 Å². The van der Waals surface area contributed by atoms with Crippen LogP contribution < -0.4 is 5.73 Å². The smallest absolute Gasteiger partial charge is 0.0874 e. The van der Waals surface area contributed by atoms with Crippen molar-refractivity contribution in [1.29, 1.82) is 0 Å². The van der Waals surface area contributed by atoms with Crippen LogP contribution in [0, 0.1) is 0 Å². The molecule has 112 valence electrons. The van der Waals surface area contributed by atoms with Crippen molar-refractivity contribution in [2.24, 2.45) is 5.73 Å². The molecule has 0 aliphatic heterocycles. The number of fused-ring (bicyclic) bond motifs is 1. The topological polar surface area (TPSA) is 48.1 Å². The SMILES string of the molecule is CCOC1(C(N)c2cccc3ncccc23)CCCCC1. The molecule has 2 aromatic rings. The maximum absolute atomic E-state index is 6.70. The molecule has 1 atom stereocenters. The number of benzene rings is 1. The van der Waals surface area contributed by atoms with E-state index in [1.807, 2.05) is 24.4 Å². The molecule has 0 amide bonds. The summed E-state index contributed by atoms with van der Waals surface area (Å²) < 4.78 is 6.19. The van der Waals surface area contributed by atoms with Gasteiger partial charge in [0.05, 0.1) is 17.2 Å². The van der Waals surface area contributed by atoms with Crippen LogP contribution in [0.15, 0.2) is 36.5 Å². The van der Waals surface area contributed by atoms with E-state index in [4.69, 9.17) is 10.5 Å². The van der Waals surface area contributed by atoms with Crippen LogP contribution in [-0.2, 0) is 4.74 Å². The van der Waals surface area contributed by atoms with E-state index in [0.29, 0.717) is 0 Å². The molecule has 1 aromatic carbocycles. The minimum Gasteiger partial charge on any atom is -0.373 e. The predicted molar refractivity (Wildman–Crippen MR) is 86.1 cm³/mol. The van der Waals surface area contributed by atoms with E-state index >= 15 is 0 Å². The van der Waals surface area contributed by atoms with Gasteiger partial charge in [0.15, 0.2) is 0 Å². The van der Waals surface area contributed by atoms with Gasteiger partial charge in [-0.1, -0.05) is 37.5 Å². The van der Waals surface area contributed by atoms with E-state index in [2.05, 4.69) is 24.0 Å². The van der Waals surface area contributed by atoms with Crippen LogP contribution in [0.4, 0.5) is 0 Å². The second-order valence-corrected chi connectivity index (χ2v) is 5.95. The molecule has 0 spiro atoms. The second kappa shape index (κ2) is 6.12. The first-order chi connectivity index (χ1) is 10.3. The lowest BCUT2D eigenvalue weighted by atomic mass is 9.76. The van der Waals surface area contributed by atoms with Crippen molar-refractivity contribution < 1.29 is 4.74 Å². The molecule has 1 unspecified atom stereocenters. The molecule has 3 rings (SSSR count). The summed E-state index contributed by atoms with van der Waals surface area (Å²) in [7, 11) is 0. The largest absolute Gasteiger partial charge is 0.373 e. The van der Waals surface area contributed by atoms with E-state index in [0.717, 1.165) is 35.9 Å². The zero-order chi connectivity index (χ0) is 14.7. The summed E-state index contributed by atoms with van der Waals surface area (Å²) in [4.78, 5) is 4.44. The number of hydrogen-bond acceptors (Lipinski definition) is 3. The number of nitrogens with zero attached hydrogens (tertiary/aromatic N) is 1. The monoisotopic (exact) mass is 284 g/mol. The molecule has 21 heavy (non-hydrogen) atoms. The van der Waals surface area contributed by atoms with Crippen molar-refractivity contribution in [3.63, 3.8) is 0 Å². The van der Waals surface area contributed by atoms with Crippen LogP contribution in [0.1, 0.15) is 50.6 Å². The zero-order valence-electron chi connectivity index (χ0n) is 12.7. The summed E-state index contributed by atoms with van der Waals surface area (Å²) in [6.07, 6.45) is 7.64. The highest BCUT2D eigenvalue weighted by Crippen LogP contribution is 2.41. The fourth-order valence-corrected chi connectivity index (χ4v) is 3.66. The van der Waals surface area contributed by atoms with Gasteiger partial charge in [-0.25, -0.2) is 0 Å². The van der Waals surface area contributed by atoms with Crippen LogP contribution in [0.25, 0.3) is 10.9 Å². The lowest BCUT2D eigenvalue weighted by molar-refractivity contribution is -0.0828. The molecule has 1 aromatic heterocycles. The van der Waals surface area contributed by atoms with Crippen LogP contribution in [0.2, 0.25) is 0 Å². The minimum atomic E-state index is -0.211. The molecule has 0 saturated heterocycles. The van der Waals surface area contributed by atoms with Gasteiger partial charge in [-0.15, -0.1) is 0 Å². The number of hydrogen-bond donors (Lipinski definition) is 1. The fourth-order valence-electron chi connectivity index (χ4n) is 3.66. The van der Waals surface area contributed by atoms with Crippen LogP contribution in [0.5, 0.6) is 0 Å². The molecule has 2 N–H and O–H groups in total. The number of ether oxygens (including phenoxy) is 1. The van der Waals surface area contributed by atoms with Crippen LogP contribution in [-0.4, -0.2) is 17.2 Å². The number of aromatic nitrogens is 1. The summed E-state index contributed by atoms with van der Waals surface area (Å²) in [6.45, 7) is 2.78. The molecule has 0 bridgehead atoms. The van der Waals surface area contributed by atoms with Crippen molar-refractivity contribution in [3.05, 3.63) is 42.1 Å². The van der Waals surface area contributed by atoms with Crippen LogP contribution in [0.3, 0.4) is 0 Å². The van der Waals surface area contributed by atoms with E-state index in [1.54, 1.807) is 0 Å². The van der Waals surface area contributed by atoms with Crippen molar-refractivity contribution >= 4 is 10.9 Å². The Bertz CT molecular complexity index is 594. The van der Waals surface area contributed by atoms with E-state index in [9.17, 15) is 0 Å². The standard InChI is InChI=1S/C18H24N2O/c1-2-21-18(11-4-3-5-12-18)17(19)15-8-6-10-16-14(15)9-7-13-20-16/h6-10,13,17H,2-5,11-12,19H2,1H3. The molecule has 0 radical (unpaired) electrons. The Kier molecular flexibility index (Phi) is 4.22. The second-order valence-electron chi connectivity index (χ2n) is 5.95. The van der Waals surface area contributed by atoms with E-state index in [1.165, 1.54) is 19.3 Å². The highest BCUT2D eigenvalue weighted by atomic mass is 16.5. The Morgan fingerprint density at radius 1 is 1.19 bits per heavy atom. The van der Waals surface area contributed by atoms with Gasteiger partial charge in [0.1, 0.15) is 0 Å². The molecule has 1 heterocycles. The van der Waals surface area contributed by atoms with Gasteiger partial charge in [-0.05, 0) is 37.5 Å². The third kappa shape index (κ3) is 2.68. The highest BCUT2D eigenvalue weighted by Gasteiger charge is 2.40. The molecule has 3 nitrogen and oxygen atoms in total. The molecular weight excluding hydrogens is 260 g/mol. The maximum atomic E-state index is 6.70. The molecule has 1 aliphatic rings. The summed E-state index contributed by atoms with van der Waals surface area (Å²) in [5.41, 5.74) is 8.66. The first-order valence-corrected chi connectivity index (χ1v) is 8.00. The van der Waals surface area contributed by atoms with Gasteiger partial charge in [0.25, 0.3) is 0 Å². The molecule has 3 heteroatoms. The number of nitrogens with two attached hydrogens (primary N) is 1. The van der Waals surface area contributed by atoms with Crippen molar-refractivity contribution in [2.75, 3.05) is 6.61 Å². The summed E-state index contributed by atoms with van der Waals surface area (Å²) in [6, 6.07) is 10.2. The lowest BCUT2D eigenvalue weighted by Crippen LogP contribution is -2.45. The highest BCUT2D eigenvalue weighted by molar-refractivity contribution is 5.82. The maximum Gasteiger partial charge on any atom is 0.0874 e. The molecule has 1 saturated carbocycles. The quantitative estimate of drug-likeness (QED) is 0.924. The number of pyridine rings is 1. The van der Waals surface area contributed by atoms with Crippen molar-refractivity contribution in [1.82, 2.24) is 4.98 Å². The van der Waals surface area contributed by atoms with Crippen LogP contribution >= 0.6 is 0 Å². The number of rotatable bonds is 4. The zero-order valence-corrected chi connectivity index (χ0v) is 12.7. The third-order valence-corrected chi connectivity index (χ3v) is 4.71. The minimum absolute atomic E-state index is 0.0920. The fraction of sp³-hybridized carbons (Fsp3) is 0.500. The average Bonchev–Trinajstić information content (AvgIpc) is 2.55. The Morgan fingerprint density at radius 2 is 2.00 bits per heavy atom. The summed E-state index contributed by atoms with van der Waals surface area (Å²) >= 11 is 0. The Labute approximate surface area is 126 Å². The Hall–Kier alpha value is -1.45. The van der Waals surface area contributed by atoms with E-state index < -0.39 is 0 Å². The predicted octanol–water partition coefficient (Wildman–Crippen LogP) is 3.97. The normalized spacial score (nSPS) is 19.5. The van der Waals surface area contributed by atoms with Gasteiger partial charge in [0.2, 0.25) is 0 Å². The van der Waals surface area contributed by atoms with Gasteiger partial charge in [-0.3, -0.25) is 4.98 Å². The summed E-state index contributed by atoms with van der Waals surface area (Å²) in [5, 5.41) is 1.15. The Balaban J connectivity index is 2.03. The van der Waals surface area contributed by atoms with Gasteiger partial charge < -0.3 is 10.5 Å². The summed E-state index contributed by atoms with van der Waals surface area (Å²) in [5.74, 6) is 0. The first kappa shape index (κ1) is 14.5. The Morgan fingerprint density at radius 3 is 2.76 bits per heavy atom. The van der Waals surface area contributed by atoms with Gasteiger partial charge in [-0.2, -0.15) is 0 Å². The van der Waals surface area contributed by atoms with Gasteiger partial charge >= 0.3 is 0 Å². The molecule has 1 fully saturated rings. The first-order valence-electron chi connectivity index (χ1n) is 8.00. The molecular formula is C18H24N2O. The van der Waals surface area contributed by atoms with Crippen molar-refractivity contribution in [3.8, 4) is 0 Å².